The Bertz CT molecular complexity index is 1400. The van der Waals surface area contributed by atoms with Gasteiger partial charge < -0.3 is 14.6 Å². The predicted molar refractivity (Wildman–Crippen MR) is 146 cm³/mol. The molecule has 1 N–H and O–H groups in total. The van der Waals surface area contributed by atoms with E-state index in [0.29, 0.717) is 22.7 Å². The molecule has 36 heavy (non-hydrogen) atoms. The molecule has 0 spiro atoms. The van der Waals surface area contributed by atoms with Crippen molar-refractivity contribution in [2.45, 2.75) is 12.5 Å². The number of benzene rings is 3. The Balaban J connectivity index is 1.57. The van der Waals surface area contributed by atoms with Gasteiger partial charge >= 0.3 is 5.24 Å². The first-order valence-electron chi connectivity index (χ1n) is 11.1. The summed E-state index contributed by atoms with van der Waals surface area (Å²) in [7, 11) is 3.26. The van der Waals surface area contributed by atoms with E-state index in [1.54, 1.807) is 43.5 Å². The van der Waals surface area contributed by atoms with Gasteiger partial charge in [-0.05, 0) is 83.6 Å². The van der Waals surface area contributed by atoms with E-state index in [1.165, 1.54) is 0 Å². The summed E-state index contributed by atoms with van der Waals surface area (Å²) in [5.41, 5.74) is 3.42. The summed E-state index contributed by atoms with van der Waals surface area (Å²) in [6.07, 6.45) is 2.38. The normalized spacial score (nSPS) is 18.4. The molecule has 0 aromatic heterocycles. The summed E-state index contributed by atoms with van der Waals surface area (Å²) in [6, 6.07) is 20.5. The first kappa shape index (κ1) is 24.1. The van der Waals surface area contributed by atoms with Crippen molar-refractivity contribution in [1.82, 2.24) is 5.01 Å². The van der Waals surface area contributed by atoms with Crippen molar-refractivity contribution in [2.75, 3.05) is 14.2 Å². The molecular weight excluding hydrogens is 542 g/mol. The summed E-state index contributed by atoms with van der Waals surface area (Å²) in [4.78, 5) is 17.4. The van der Waals surface area contributed by atoms with Crippen molar-refractivity contribution in [1.29, 1.82) is 0 Å². The molecule has 3 aromatic rings. The zero-order valence-corrected chi connectivity index (χ0v) is 21.9. The summed E-state index contributed by atoms with van der Waals surface area (Å²) in [5.74, 6) is 2.09. The van der Waals surface area contributed by atoms with Crippen molar-refractivity contribution < 1.29 is 19.4 Å². The quantitative estimate of drug-likeness (QED) is 0.375. The van der Waals surface area contributed by atoms with Crippen molar-refractivity contribution in [3.63, 3.8) is 0 Å². The molecule has 1 unspecified atom stereocenters. The number of phenolic OH excluding ortho intramolecular Hbond substituents is 1. The number of methoxy groups -OCH3 is 2. The molecule has 1 atom stereocenters. The van der Waals surface area contributed by atoms with Gasteiger partial charge in [-0.3, -0.25) is 4.79 Å². The van der Waals surface area contributed by atoms with E-state index in [2.05, 4.69) is 20.9 Å². The molecular formula is C27H22BrN3O4S. The van der Waals surface area contributed by atoms with Crippen LogP contribution in [-0.4, -0.2) is 41.1 Å². The number of nitrogens with zero attached hydrogens (tertiary/aromatic N) is 3. The Kier molecular flexibility index (Phi) is 6.84. The van der Waals surface area contributed by atoms with Gasteiger partial charge in [-0.2, -0.15) is 10.1 Å². The highest BCUT2D eigenvalue weighted by Gasteiger charge is 2.37. The molecule has 182 valence electrons. The number of aromatic hydroxyl groups is 1. The van der Waals surface area contributed by atoms with Crippen LogP contribution in [0.1, 0.15) is 29.2 Å². The summed E-state index contributed by atoms with van der Waals surface area (Å²) >= 11 is 4.46. The minimum Gasteiger partial charge on any atom is -0.507 e. The van der Waals surface area contributed by atoms with E-state index < -0.39 is 0 Å². The van der Waals surface area contributed by atoms with E-state index in [4.69, 9.17) is 14.6 Å². The van der Waals surface area contributed by atoms with Gasteiger partial charge in [0, 0.05) is 16.5 Å². The molecule has 3 aromatic carbocycles. The second-order valence-corrected chi connectivity index (χ2v) is 10.0. The van der Waals surface area contributed by atoms with Crippen molar-refractivity contribution in [2.24, 2.45) is 10.1 Å². The average molecular weight is 564 g/mol. The molecule has 0 aliphatic carbocycles. The van der Waals surface area contributed by atoms with Crippen LogP contribution in [-0.2, 0) is 0 Å². The van der Waals surface area contributed by atoms with Gasteiger partial charge in [-0.25, -0.2) is 5.01 Å². The fourth-order valence-corrected chi connectivity index (χ4v) is 5.21. The molecule has 2 aliphatic rings. The van der Waals surface area contributed by atoms with E-state index >= 15 is 0 Å². The van der Waals surface area contributed by atoms with Gasteiger partial charge in [0.05, 0.1) is 30.9 Å². The van der Waals surface area contributed by atoms with Crippen LogP contribution in [0, 0.1) is 0 Å². The first-order valence-corrected chi connectivity index (χ1v) is 12.7. The van der Waals surface area contributed by atoms with Gasteiger partial charge in [0.1, 0.15) is 17.2 Å². The zero-order valence-electron chi connectivity index (χ0n) is 19.5. The maximum absolute atomic E-state index is 12.5. The number of aliphatic imine (C=N–C) groups is 1. The van der Waals surface area contributed by atoms with E-state index in [0.717, 1.165) is 44.6 Å². The highest BCUT2D eigenvalue weighted by Crippen LogP contribution is 2.40. The average Bonchev–Trinajstić information content (AvgIpc) is 3.49. The van der Waals surface area contributed by atoms with Crippen molar-refractivity contribution in [3.8, 4) is 17.2 Å². The monoisotopic (exact) mass is 563 g/mol. The number of phenols is 1. The Labute approximate surface area is 221 Å². The standard InChI is InChI=1S/C27H22BrN3O4S/c1-34-20-8-3-16(4-9-20)22-15-23(17-5-10-21(35-2)11-6-17)31(30-22)26-25(36-27(33)29-26)14-18-13-19(28)7-12-24(18)32/h3-14,23,32H,15H2,1-2H3/b25-14-. The number of halogens is 1. The highest BCUT2D eigenvalue weighted by molar-refractivity contribution is 9.10. The lowest BCUT2D eigenvalue weighted by molar-refractivity contribution is 0.267. The molecule has 0 saturated carbocycles. The minimum absolute atomic E-state index is 0.112. The van der Waals surface area contributed by atoms with Crippen molar-refractivity contribution >= 4 is 50.6 Å². The Morgan fingerprint density at radius 3 is 2.36 bits per heavy atom. The third-order valence-corrected chi connectivity index (χ3v) is 7.22. The lowest BCUT2D eigenvalue weighted by Crippen LogP contribution is -2.26. The molecule has 0 radical (unpaired) electrons. The van der Waals surface area contributed by atoms with Gasteiger partial charge in [0.25, 0.3) is 0 Å². The number of amidine groups is 1. The van der Waals surface area contributed by atoms with Crippen LogP contribution in [0.5, 0.6) is 17.2 Å². The fraction of sp³-hybridized carbons (Fsp3) is 0.148. The number of carbonyl (C=O) groups is 1. The zero-order chi connectivity index (χ0) is 25.2. The molecule has 0 fully saturated rings. The summed E-state index contributed by atoms with van der Waals surface area (Å²) < 4.78 is 11.4. The first-order chi connectivity index (χ1) is 17.4. The van der Waals surface area contributed by atoms with Crippen molar-refractivity contribution in [3.05, 3.63) is 92.8 Å². The Hall–Kier alpha value is -3.56. The second kappa shape index (κ2) is 10.2. The van der Waals surface area contributed by atoms with Crippen LogP contribution < -0.4 is 9.47 Å². The maximum atomic E-state index is 12.5. The molecule has 9 heteroatoms. The van der Waals surface area contributed by atoms with Gasteiger partial charge in [-0.1, -0.05) is 28.1 Å². The van der Waals surface area contributed by atoms with Gasteiger partial charge in [-0.15, -0.1) is 0 Å². The molecule has 1 amide bonds. The summed E-state index contributed by atoms with van der Waals surface area (Å²) in [6.45, 7) is 0. The topological polar surface area (TPSA) is 83.7 Å². The lowest BCUT2D eigenvalue weighted by Gasteiger charge is -2.24. The molecule has 0 bridgehead atoms. The number of hydrogen-bond donors (Lipinski definition) is 1. The van der Waals surface area contributed by atoms with Crippen LogP contribution in [0.25, 0.3) is 6.08 Å². The minimum atomic E-state index is -0.327. The van der Waals surface area contributed by atoms with Gasteiger partial charge in [0.2, 0.25) is 0 Å². The Morgan fingerprint density at radius 2 is 1.69 bits per heavy atom. The van der Waals surface area contributed by atoms with Crippen LogP contribution in [0.3, 0.4) is 0 Å². The second-order valence-electron chi connectivity index (χ2n) is 8.13. The fourth-order valence-electron chi connectivity index (χ4n) is 4.09. The SMILES string of the molecule is COc1ccc(C2=NN(C3=NC(=O)S/C3=C\c3cc(Br)ccc3O)C(c3ccc(OC)cc3)C2)cc1. The molecule has 2 aliphatic heterocycles. The third-order valence-electron chi connectivity index (χ3n) is 5.94. The number of ether oxygens (including phenoxy) is 2. The maximum Gasteiger partial charge on any atom is 0.311 e. The smallest absolute Gasteiger partial charge is 0.311 e. The Morgan fingerprint density at radius 1 is 1.03 bits per heavy atom. The number of hydrazone groups is 1. The number of rotatable bonds is 5. The number of hydrogen-bond acceptors (Lipinski definition) is 7. The van der Waals surface area contributed by atoms with Crippen LogP contribution >= 0.6 is 27.7 Å². The largest absolute Gasteiger partial charge is 0.507 e. The van der Waals surface area contributed by atoms with E-state index in [9.17, 15) is 9.90 Å². The van der Waals surface area contributed by atoms with Crippen LogP contribution in [0.15, 0.2) is 86.2 Å². The van der Waals surface area contributed by atoms with E-state index in [1.807, 2.05) is 48.5 Å². The molecule has 5 rings (SSSR count). The van der Waals surface area contributed by atoms with Crippen LogP contribution in [0.2, 0.25) is 0 Å². The number of amides is 1. The third kappa shape index (κ3) is 4.89. The molecule has 0 saturated heterocycles. The predicted octanol–water partition coefficient (Wildman–Crippen LogP) is 6.63. The van der Waals surface area contributed by atoms with Crippen LogP contribution in [0.4, 0.5) is 4.79 Å². The number of carbonyl (C=O) groups excluding carboxylic acids is 1. The van der Waals surface area contributed by atoms with E-state index in [-0.39, 0.29) is 17.0 Å². The number of thioether (sulfide) groups is 1. The molecule has 2 heterocycles. The molecule has 7 nitrogen and oxygen atoms in total. The lowest BCUT2D eigenvalue weighted by atomic mass is 9.98. The van der Waals surface area contributed by atoms with Gasteiger partial charge in [0.15, 0.2) is 5.84 Å². The highest BCUT2D eigenvalue weighted by atomic mass is 79.9. The summed E-state index contributed by atoms with van der Waals surface area (Å²) in [5, 5.41) is 16.8.